The number of rotatable bonds is 4. The third-order valence-corrected chi connectivity index (χ3v) is 3.03. The number of hydrogen-bond acceptors (Lipinski definition) is 4. The molecule has 0 spiro atoms. The molecule has 0 bridgehead atoms. The van der Waals surface area contributed by atoms with E-state index in [1.54, 1.807) is 0 Å². The lowest BCUT2D eigenvalue weighted by Gasteiger charge is -2.12. The molecule has 0 fully saturated rings. The maximum absolute atomic E-state index is 5.84. The monoisotopic (exact) mass is 257 g/mol. The Balaban J connectivity index is 2.31. The van der Waals surface area contributed by atoms with E-state index in [9.17, 15) is 0 Å². The highest BCUT2D eigenvalue weighted by Gasteiger charge is 2.10. The lowest BCUT2D eigenvalue weighted by molar-refractivity contribution is 0.455. The first-order valence-corrected chi connectivity index (χ1v) is 6.49. The average molecular weight is 257 g/mol. The van der Waals surface area contributed by atoms with Crippen LogP contribution in [-0.4, -0.2) is 9.97 Å². The molecule has 0 saturated heterocycles. The van der Waals surface area contributed by atoms with Crippen LogP contribution < -0.4 is 10.5 Å². The molecule has 2 N–H and O–H groups in total. The predicted octanol–water partition coefficient (Wildman–Crippen LogP) is 3.54. The van der Waals surface area contributed by atoms with Gasteiger partial charge in [-0.25, -0.2) is 9.97 Å². The molecule has 1 heterocycles. The van der Waals surface area contributed by atoms with Crippen LogP contribution in [0.3, 0.4) is 0 Å². The molecule has 2 aromatic rings. The van der Waals surface area contributed by atoms with Crippen LogP contribution in [0.5, 0.6) is 11.6 Å². The molecule has 0 radical (unpaired) electrons. The summed E-state index contributed by atoms with van der Waals surface area (Å²) in [5.41, 5.74) is 7.91. The summed E-state index contributed by atoms with van der Waals surface area (Å²) >= 11 is 0. The second-order valence-corrected chi connectivity index (χ2v) is 4.73. The number of aromatic nitrogens is 2. The summed E-state index contributed by atoms with van der Waals surface area (Å²) in [5.74, 6) is 2.26. The summed E-state index contributed by atoms with van der Waals surface area (Å²) in [7, 11) is 0. The van der Waals surface area contributed by atoms with E-state index in [1.165, 1.54) is 11.9 Å². The molecule has 0 atom stereocenters. The van der Waals surface area contributed by atoms with Crippen molar-refractivity contribution in [1.82, 2.24) is 9.97 Å². The molecule has 0 amide bonds. The number of benzene rings is 1. The van der Waals surface area contributed by atoms with E-state index in [-0.39, 0.29) is 0 Å². The zero-order valence-corrected chi connectivity index (χ0v) is 11.6. The van der Waals surface area contributed by atoms with Crippen LogP contribution in [0.4, 0.5) is 5.82 Å². The SMILES string of the molecule is CCc1c(N)ncnc1Oc1cccc(C(C)C)c1. The van der Waals surface area contributed by atoms with Gasteiger partial charge in [0.15, 0.2) is 0 Å². The van der Waals surface area contributed by atoms with Gasteiger partial charge in [0.25, 0.3) is 0 Å². The molecule has 0 aliphatic carbocycles. The first kappa shape index (κ1) is 13.3. The first-order chi connectivity index (χ1) is 9.11. The van der Waals surface area contributed by atoms with E-state index in [4.69, 9.17) is 10.5 Å². The van der Waals surface area contributed by atoms with Gasteiger partial charge in [0, 0.05) is 0 Å². The number of nitrogen functional groups attached to an aromatic ring is 1. The van der Waals surface area contributed by atoms with Crippen molar-refractivity contribution in [3.63, 3.8) is 0 Å². The van der Waals surface area contributed by atoms with Crippen LogP contribution in [0.15, 0.2) is 30.6 Å². The molecular formula is C15H19N3O. The zero-order valence-electron chi connectivity index (χ0n) is 11.6. The Kier molecular flexibility index (Phi) is 4.00. The number of anilines is 1. The van der Waals surface area contributed by atoms with Gasteiger partial charge in [0.2, 0.25) is 5.88 Å². The summed E-state index contributed by atoms with van der Waals surface area (Å²) in [5, 5.41) is 0. The second kappa shape index (κ2) is 5.69. The third-order valence-electron chi connectivity index (χ3n) is 3.03. The number of hydrogen-bond donors (Lipinski definition) is 1. The Bertz CT molecular complexity index is 567. The zero-order chi connectivity index (χ0) is 13.8. The Morgan fingerprint density at radius 1 is 1.26 bits per heavy atom. The number of ether oxygens (including phenoxy) is 1. The summed E-state index contributed by atoms with van der Waals surface area (Å²) in [4.78, 5) is 8.15. The van der Waals surface area contributed by atoms with Gasteiger partial charge >= 0.3 is 0 Å². The fraction of sp³-hybridized carbons (Fsp3) is 0.333. The topological polar surface area (TPSA) is 61.0 Å². The van der Waals surface area contributed by atoms with E-state index in [1.807, 2.05) is 25.1 Å². The molecular weight excluding hydrogens is 238 g/mol. The molecule has 4 heteroatoms. The van der Waals surface area contributed by atoms with Crippen LogP contribution in [0.2, 0.25) is 0 Å². The number of nitrogens with two attached hydrogens (primary N) is 1. The Morgan fingerprint density at radius 3 is 2.74 bits per heavy atom. The molecule has 100 valence electrons. The minimum absolute atomic E-state index is 0.463. The Morgan fingerprint density at radius 2 is 2.05 bits per heavy atom. The standard InChI is InChI=1S/C15H19N3O/c1-4-13-14(16)17-9-18-15(13)19-12-7-5-6-11(8-12)10(2)3/h5-10H,4H2,1-3H3,(H2,16,17,18). The lowest BCUT2D eigenvalue weighted by Crippen LogP contribution is -2.02. The average Bonchev–Trinajstić information content (AvgIpc) is 2.39. The maximum Gasteiger partial charge on any atom is 0.227 e. The van der Waals surface area contributed by atoms with Crippen molar-refractivity contribution in [2.24, 2.45) is 0 Å². The van der Waals surface area contributed by atoms with Crippen molar-refractivity contribution in [3.05, 3.63) is 41.7 Å². The van der Waals surface area contributed by atoms with Crippen LogP contribution >= 0.6 is 0 Å². The van der Waals surface area contributed by atoms with Crippen molar-refractivity contribution in [1.29, 1.82) is 0 Å². The highest BCUT2D eigenvalue weighted by atomic mass is 16.5. The van der Waals surface area contributed by atoms with Crippen LogP contribution in [0, 0.1) is 0 Å². The van der Waals surface area contributed by atoms with Gasteiger partial charge in [-0.2, -0.15) is 0 Å². The summed E-state index contributed by atoms with van der Waals surface area (Å²) < 4.78 is 5.84. The quantitative estimate of drug-likeness (QED) is 0.910. The molecule has 0 unspecified atom stereocenters. The van der Waals surface area contributed by atoms with Crippen molar-refractivity contribution < 1.29 is 4.74 Å². The molecule has 19 heavy (non-hydrogen) atoms. The van der Waals surface area contributed by atoms with Gasteiger partial charge in [-0.1, -0.05) is 32.9 Å². The predicted molar refractivity (Wildman–Crippen MR) is 76.4 cm³/mol. The van der Waals surface area contributed by atoms with E-state index < -0.39 is 0 Å². The second-order valence-electron chi connectivity index (χ2n) is 4.73. The highest BCUT2D eigenvalue weighted by molar-refractivity contribution is 5.46. The van der Waals surface area contributed by atoms with E-state index >= 15 is 0 Å². The first-order valence-electron chi connectivity index (χ1n) is 6.49. The van der Waals surface area contributed by atoms with Crippen LogP contribution in [-0.2, 0) is 6.42 Å². The smallest absolute Gasteiger partial charge is 0.227 e. The molecule has 0 aliphatic rings. The molecule has 0 saturated carbocycles. The molecule has 4 nitrogen and oxygen atoms in total. The third kappa shape index (κ3) is 3.02. The largest absolute Gasteiger partial charge is 0.439 e. The molecule has 2 rings (SSSR count). The minimum atomic E-state index is 0.463. The lowest BCUT2D eigenvalue weighted by atomic mass is 10.0. The van der Waals surface area contributed by atoms with Gasteiger partial charge in [-0.3, -0.25) is 0 Å². The number of nitrogens with zero attached hydrogens (tertiary/aromatic N) is 2. The highest BCUT2D eigenvalue weighted by Crippen LogP contribution is 2.28. The summed E-state index contributed by atoms with van der Waals surface area (Å²) in [6.07, 6.45) is 2.17. The Hall–Kier alpha value is -2.10. The Labute approximate surface area is 113 Å². The van der Waals surface area contributed by atoms with Gasteiger partial charge < -0.3 is 10.5 Å². The van der Waals surface area contributed by atoms with Crippen LogP contribution in [0.1, 0.15) is 37.8 Å². The van der Waals surface area contributed by atoms with Crippen molar-refractivity contribution in [2.75, 3.05) is 5.73 Å². The van der Waals surface area contributed by atoms with Crippen molar-refractivity contribution in [2.45, 2.75) is 33.1 Å². The van der Waals surface area contributed by atoms with E-state index in [0.29, 0.717) is 17.6 Å². The molecule has 0 aliphatic heterocycles. The minimum Gasteiger partial charge on any atom is -0.439 e. The van der Waals surface area contributed by atoms with Gasteiger partial charge in [-0.15, -0.1) is 0 Å². The normalized spacial score (nSPS) is 10.7. The van der Waals surface area contributed by atoms with Crippen molar-refractivity contribution in [3.8, 4) is 11.6 Å². The van der Waals surface area contributed by atoms with Gasteiger partial charge in [0.1, 0.15) is 17.9 Å². The maximum atomic E-state index is 5.84. The van der Waals surface area contributed by atoms with E-state index in [2.05, 4.69) is 29.9 Å². The molecule has 1 aromatic heterocycles. The van der Waals surface area contributed by atoms with Crippen molar-refractivity contribution >= 4 is 5.82 Å². The fourth-order valence-corrected chi connectivity index (χ4v) is 1.88. The van der Waals surface area contributed by atoms with Gasteiger partial charge in [-0.05, 0) is 30.0 Å². The summed E-state index contributed by atoms with van der Waals surface area (Å²) in [6.45, 7) is 6.31. The fourth-order valence-electron chi connectivity index (χ4n) is 1.88. The van der Waals surface area contributed by atoms with E-state index in [0.717, 1.165) is 17.7 Å². The summed E-state index contributed by atoms with van der Waals surface area (Å²) in [6, 6.07) is 8.03. The van der Waals surface area contributed by atoms with Crippen LogP contribution in [0.25, 0.3) is 0 Å². The molecule has 1 aromatic carbocycles. The van der Waals surface area contributed by atoms with Gasteiger partial charge in [0.05, 0.1) is 5.56 Å².